The van der Waals surface area contributed by atoms with Crippen LogP contribution in [0.3, 0.4) is 0 Å². The molecule has 7 heteroatoms. The second kappa shape index (κ2) is 9.24. The van der Waals surface area contributed by atoms with Gasteiger partial charge >= 0.3 is 0 Å². The van der Waals surface area contributed by atoms with Crippen LogP contribution >= 0.6 is 0 Å². The van der Waals surface area contributed by atoms with E-state index in [0.29, 0.717) is 43.5 Å². The summed E-state index contributed by atoms with van der Waals surface area (Å²) >= 11 is 0. The number of piperazine rings is 1. The second-order valence-corrected chi connectivity index (χ2v) is 9.47. The van der Waals surface area contributed by atoms with E-state index in [9.17, 15) is 12.8 Å². The molecule has 1 atom stereocenters. The predicted molar refractivity (Wildman–Crippen MR) is 112 cm³/mol. The number of sulfonamides is 1. The van der Waals surface area contributed by atoms with Crippen molar-refractivity contribution in [1.82, 2.24) is 9.21 Å². The van der Waals surface area contributed by atoms with Crippen LogP contribution in [0.4, 0.5) is 4.39 Å². The molecule has 1 fully saturated rings. The molecule has 0 aliphatic carbocycles. The molecule has 2 aromatic carbocycles. The van der Waals surface area contributed by atoms with Gasteiger partial charge in [0, 0.05) is 32.7 Å². The highest BCUT2D eigenvalue weighted by molar-refractivity contribution is 7.89. The topological polar surface area (TPSA) is 49.9 Å². The molecule has 0 N–H and O–H groups in total. The minimum atomic E-state index is -3.49. The largest absolute Gasteiger partial charge is 0.494 e. The quantitative estimate of drug-likeness (QED) is 0.683. The molecule has 1 aliphatic heterocycles. The van der Waals surface area contributed by atoms with Gasteiger partial charge in [0.05, 0.1) is 12.0 Å². The molecular formula is C22H29FN2O3S. The van der Waals surface area contributed by atoms with E-state index in [2.05, 4.69) is 18.7 Å². The number of rotatable bonds is 7. The molecule has 1 aliphatic rings. The lowest BCUT2D eigenvalue weighted by molar-refractivity contribution is 0.181. The van der Waals surface area contributed by atoms with Crippen molar-refractivity contribution in [1.29, 1.82) is 0 Å². The van der Waals surface area contributed by atoms with Crippen molar-refractivity contribution in [2.75, 3.05) is 33.3 Å². The molecule has 5 nitrogen and oxygen atoms in total. The Labute approximate surface area is 173 Å². The smallest absolute Gasteiger partial charge is 0.243 e. The maximum Gasteiger partial charge on any atom is 0.243 e. The van der Waals surface area contributed by atoms with Gasteiger partial charge in [-0.05, 0) is 47.7 Å². The molecule has 3 rings (SSSR count). The van der Waals surface area contributed by atoms with Crippen molar-refractivity contribution in [3.8, 4) is 5.75 Å². The molecular weight excluding hydrogens is 391 g/mol. The van der Waals surface area contributed by atoms with Crippen LogP contribution in [0.15, 0.2) is 47.4 Å². The fourth-order valence-electron chi connectivity index (χ4n) is 3.55. The lowest BCUT2D eigenvalue weighted by Gasteiger charge is -2.34. The van der Waals surface area contributed by atoms with Crippen LogP contribution in [-0.4, -0.2) is 50.9 Å². The summed E-state index contributed by atoms with van der Waals surface area (Å²) in [5.74, 6) is 0.258. The van der Waals surface area contributed by atoms with Crippen molar-refractivity contribution in [2.45, 2.75) is 37.6 Å². The molecule has 1 heterocycles. The number of nitrogens with zero attached hydrogens (tertiary/aromatic N) is 2. The van der Waals surface area contributed by atoms with Crippen LogP contribution in [0.2, 0.25) is 0 Å². The van der Waals surface area contributed by atoms with E-state index in [4.69, 9.17) is 4.74 Å². The van der Waals surface area contributed by atoms with E-state index in [1.807, 2.05) is 18.2 Å². The molecule has 1 saturated heterocycles. The highest BCUT2D eigenvalue weighted by Crippen LogP contribution is 2.24. The summed E-state index contributed by atoms with van der Waals surface area (Å²) in [5, 5.41) is 0. The number of ether oxygens (including phenoxy) is 1. The van der Waals surface area contributed by atoms with Crippen LogP contribution < -0.4 is 4.74 Å². The average molecular weight is 421 g/mol. The second-order valence-electron chi connectivity index (χ2n) is 7.53. The molecule has 0 bridgehead atoms. The van der Waals surface area contributed by atoms with Gasteiger partial charge in [-0.25, -0.2) is 12.8 Å². The summed E-state index contributed by atoms with van der Waals surface area (Å²) in [5.41, 5.74) is 2.00. The van der Waals surface area contributed by atoms with Crippen molar-refractivity contribution >= 4 is 10.0 Å². The number of hydrogen-bond donors (Lipinski definition) is 0. The first-order valence-corrected chi connectivity index (χ1v) is 11.4. The molecule has 29 heavy (non-hydrogen) atoms. The molecule has 0 saturated carbocycles. The van der Waals surface area contributed by atoms with E-state index < -0.39 is 10.0 Å². The highest BCUT2D eigenvalue weighted by atomic mass is 32.2. The van der Waals surface area contributed by atoms with Crippen molar-refractivity contribution in [3.05, 3.63) is 59.4 Å². The standard InChI is InChI=1S/C22H29FN2O3S/c1-4-17(2)19-6-8-20(9-7-19)29(26,27)25-13-11-24(12-14-25)16-18-5-10-22(28-3)21(23)15-18/h5-10,15,17H,4,11-14,16H2,1-3H3. The summed E-state index contributed by atoms with van der Waals surface area (Å²) in [6, 6.07) is 12.2. The Kier molecular flexibility index (Phi) is 6.93. The Bertz CT molecular complexity index is 924. The summed E-state index contributed by atoms with van der Waals surface area (Å²) in [6.45, 7) is 6.91. The predicted octanol–water partition coefficient (Wildman–Crippen LogP) is 3.85. The van der Waals surface area contributed by atoms with Crippen molar-refractivity contribution in [2.24, 2.45) is 0 Å². The Balaban J connectivity index is 1.61. The van der Waals surface area contributed by atoms with E-state index in [0.717, 1.165) is 17.5 Å². The fourth-order valence-corrected chi connectivity index (χ4v) is 4.97. The summed E-state index contributed by atoms with van der Waals surface area (Å²) in [7, 11) is -2.05. The first kappa shape index (κ1) is 21.7. The molecule has 2 aromatic rings. The SMILES string of the molecule is CCC(C)c1ccc(S(=O)(=O)N2CCN(Cc3ccc(OC)c(F)c3)CC2)cc1. The highest BCUT2D eigenvalue weighted by Gasteiger charge is 2.28. The van der Waals surface area contributed by atoms with Crippen molar-refractivity contribution < 1.29 is 17.5 Å². The molecule has 0 amide bonds. The van der Waals surface area contributed by atoms with E-state index in [-0.39, 0.29) is 11.6 Å². The van der Waals surface area contributed by atoms with Crippen LogP contribution in [0.5, 0.6) is 5.75 Å². The summed E-state index contributed by atoms with van der Waals surface area (Å²) in [4.78, 5) is 2.48. The number of halogens is 1. The third-order valence-electron chi connectivity index (χ3n) is 5.65. The molecule has 0 spiro atoms. The fraction of sp³-hybridized carbons (Fsp3) is 0.455. The first-order chi connectivity index (χ1) is 13.8. The normalized spacial score (nSPS) is 17.2. The average Bonchev–Trinajstić information content (AvgIpc) is 2.74. The maximum absolute atomic E-state index is 13.9. The molecule has 0 aromatic heterocycles. The minimum absolute atomic E-state index is 0.226. The van der Waals surface area contributed by atoms with Gasteiger partial charge in [-0.2, -0.15) is 4.31 Å². The number of benzene rings is 2. The summed E-state index contributed by atoms with van der Waals surface area (Å²) < 4.78 is 46.3. The number of hydrogen-bond acceptors (Lipinski definition) is 4. The van der Waals surface area contributed by atoms with E-state index in [1.165, 1.54) is 17.5 Å². The molecule has 0 radical (unpaired) electrons. The van der Waals surface area contributed by atoms with Crippen LogP contribution in [0, 0.1) is 5.82 Å². The van der Waals surface area contributed by atoms with Crippen LogP contribution in [0.25, 0.3) is 0 Å². The Morgan fingerprint density at radius 2 is 1.72 bits per heavy atom. The van der Waals surface area contributed by atoms with Crippen LogP contribution in [0.1, 0.15) is 37.3 Å². The minimum Gasteiger partial charge on any atom is -0.494 e. The molecule has 1 unspecified atom stereocenters. The van der Waals surface area contributed by atoms with Gasteiger partial charge in [0.15, 0.2) is 11.6 Å². The zero-order valence-electron chi connectivity index (χ0n) is 17.3. The third-order valence-corrected chi connectivity index (χ3v) is 7.57. The Hall–Kier alpha value is -1.96. The van der Waals surface area contributed by atoms with Gasteiger partial charge in [-0.1, -0.05) is 32.0 Å². The first-order valence-electron chi connectivity index (χ1n) is 10.00. The van der Waals surface area contributed by atoms with Gasteiger partial charge in [0.25, 0.3) is 0 Å². The lowest BCUT2D eigenvalue weighted by atomic mass is 9.99. The van der Waals surface area contributed by atoms with E-state index in [1.54, 1.807) is 18.2 Å². The Morgan fingerprint density at radius 3 is 2.28 bits per heavy atom. The maximum atomic E-state index is 13.9. The van der Waals surface area contributed by atoms with Gasteiger partial charge in [0.2, 0.25) is 10.0 Å². The van der Waals surface area contributed by atoms with Crippen molar-refractivity contribution in [3.63, 3.8) is 0 Å². The lowest BCUT2D eigenvalue weighted by Crippen LogP contribution is -2.48. The molecule has 158 valence electrons. The van der Waals surface area contributed by atoms with Gasteiger partial charge in [-0.3, -0.25) is 4.90 Å². The van der Waals surface area contributed by atoms with Gasteiger partial charge in [-0.15, -0.1) is 0 Å². The van der Waals surface area contributed by atoms with Gasteiger partial charge in [0.1, 0.15) is 0 Å². The van der Waals surface area contributed by atoms with E-state index >= 15 is 0 Å². The summed E-state index contributed by atoms with van der Waals surface area (Å²) in [6.07, 6.45) is 1.02. The van der Waals surface area contributed by atoms with Crippen LogP contribution in [-0.2, 0) is 16.6 Å². The van der Waals surface area contributed by atoms with Gasteiger partial charge < -0.3 is 4.74 Å². The number of methoxy groups -OCH3 is 1. The third kappa shape index (κ3) is 4.97. The zero-order chi connectivity index (χ0) is 21.0. The zero-order valence-corrected chi connectivity index (χ0v) is 18.1. The Morgan fingerprint density at radius 1 is 1.07 bits per heavy atom. The monoisotopic (exact) mass is 420 g/mol.